The molecule has 8 heteroatoms. The van der Waals surface area contributed by atoms with E-state index in [0.29, 0.717) is 23.4 Å². The highest BCUT2D eigenvalue weighted by molar-refractivity contribution is 9.10. The van der Waals surface area contributed by atoms with Crippen molar-refractivity contribution in [3.63, 3.8) is 0 Å². The van der Waals surface area contributed by atoms with Crippen LogP contribution in [0.15, 0.2) is 46.9 Å². The lowest BCUT2D eigenvalue weighted by Gasteiger charge is -2.26. The zero-order valence-corrected chi connectivity index (χ0v) is 18.5. The second kappa shape index (κ2) is 11.2. The van der Waals surface area contributed by atoms with Crippen molar-refractivity contribution >= 4 is 33.5 Å². The highest BCUT2D eigenvalue weighted by atomic mass is 79.9. The van der Waals surface area contributed by atoms with Crippen LogP contribution in [0, 0.1) is 0 Å². The lowest BCUT2D eigenvalue weighted by Crippen LogP contribution is -2.40. The first kappa shape index (κ1) is 22.4. The average Bonchev–Trinajstić information content (AvgIpc) is 2.78. The molecule has 1 saturated heterocycles. The zero-order chi connectivity index (χ0) is 21.3. The van der Waals surface area contributed by atoms with E-state index in [1.807, 2.05) is 18.2 Å². The quantitative estimate of drug-likeness (QED) is 0.451. The summed E-state index contributed by atoms with van der Waals surface area (Å²) in [5.74, 6) is -0.789. The van der Waals surface area contributed by atoms with Crippen LogP contribution in [-0.4, -0.2) is 63.3 Å². The van der Waals surface area contributed by atoms with Gasteiger partial charge in [0.1, 0.15) is 0 Å². The third kappa shape index (κ3) is 6.37. The Balaban J connectivity index is 1.57. The summed E-state index contributed by atoms with van der Waals surface area (Å²) in [6, 6.07) is 12.5. The molecule has 0 atom stereocenters. The molecule has 0 unspecified atom stereocenters. The third-order valence-corrected chi connectivity index (χ3v) is 5.36. The van der Waals surface area contributed by atoms with Gasteiger partial charge in [-0.2, -0.15) is 0 Å². The average molecular weight is 476 g/mol. The number of methoxy groups -OCH3 is 1. The molecule has 7 nitrogen and oxygen atoms in total. The highest BCUT2D eigenvalue weighted by Crippen LogP contribution is 2.22. The predicted molar refractivity (Wildman–Crippen MR) is 119 cm³/mol. The molecular weight excluding hydrogens is 450 g/mol. The summed E-state index contributed by atoms with van der Waals surface area (Å²) in [6.07, 6.45) is 0. The van der Waals surface area contributed by atoms with Crippen molar-refractivity contribution in [1.82, 2.24) is 10.2 Å². The number of esters is 1. The smallest absolute Gasteiger partial charge is 0.340 e. The van der Waals surface area contributed by atoms with Gasteiger partial charge < -0.3 is 20.1 Å². The number of anilines is 1. The summed E-state index contributed by atoms with van der Waals surface area (Å²) in [4.78, 5) is 27.1. The Labute approximate surface area is 184 Å². The summed E-state index contributed by atoms with van der Waals surface area (Å²) in [5.41, 5.74) is 2.25. The van der Waals surface area contributed by atoms with E-state index in [-0.39, 0.29) is 5.91 Å². The lowest BCUT2D eigenvalue weighted by molar-refractivity contribution is 0.0384. The maximum atomic E-state index is 12.7. The summed E-state index contributed by atoms with van der Waals surface area (Å²) >= 11 is 3.33. The van der Waals surface area contributed by atoms with Crippen molar-refractivity contribution < 1.29 is 19.1 Å². The van der Waals surface area contributed by atoms with E-state index in [4.69, 9.17) is 9.47 Å². The van der Waals surface area contributed by atoms with Crippen LogP contribution < -0.4 is 10.6 Å². The summed E-state index contributed by atoms with van der Waals surface area (Å²) < 4.78 is 10.9. The molecule has 1 fully saturated rings. The van der Waals surface area contributed by atoms with Crippen LogP contribution in [0.5, 0.6) is 0 Å². The molecule has 30 heavy (non-hydrogen) atoms. The Morgan fingerprint density at radius 2 is 1.97 bits per heavy atom. The molecule has 0 bridgehead atoms. The minimum atomic E-state index is -0.509. The second-order valence-electron chi connectivity index (χ2n) is 6.97. The number of morpholine rings is 1. The maximum absolute atomic E-state index is 12.7. The lowest BCUT2D eigenvalue weighted by atomic mass is 10.1. The fourth-order valence-electron chi connectivity index (χ4n) is 3.22. The normalized spacial score (nSPS) is 14.3. The molecule has 1 amide bonds. The molecular formula is C22H26BrN3O4. The fourth-order valence-corrected chi connectivity index (χ4v) is 3.58. The SMILES string of the molecule is COC(=O)c1cc(Br)ccc1NC(=O)c1cccc(CNCCN2CCOCC2)c1. The first-order valence-electron chi connectivity index (χ1n) is 9.86. The number of carbonyl (C=O) groups excluding carboxylic acids is 2. The topological polar surface area (TPSA) is 79.9 Å². The number of benzene rings is 2. The summed E-state index contributed by atoms with van der Waals surface area (Å²) in [5, 5.41) is 6.23. The van der Waals surface area contributed by atoms with E-state index in [9.17, 15) is 9.59 Å². The maximum Gasteiger partial charge on any atom is 0.340 e. The molecule has 2 aromatic carbocycles. The third-order valence-electron chi connectivity index (χ3n) is 4.86. The number of carbonyl (C=O) groups is 2. The van der Waals surface area contributed by atoms with E-state index >= 15 is 0 Å². The van der Waals surface area contributed by atoms with Gasteiger partial charge in [0, 0.05) is 42.8 Å². The number of nitrogens with one attached hydrogen (secondary N) is 2. The number of ether oxygens (including phenoxy) is 2. The molecule has 2 aromatic rings. The van der Waals surface area contributed by atoms with Gasteiger partial charge in [0.15, 0.2) is 0 Å². The number of amides is 1. The summed E-state index contributed by atoms with van der Waals surface area (Å²) in [7, 11) is 1.31. The standard InChI is InChI=1S/C22H26BrN3O4/c1-29-22(28)19-14-18(23)5-6-20(19)25-21(27)17-4-2-3-16(13-17)15-24-7-8-26-9-11-30-12-10-26/h2-6,13-14,24H,7-12,15H2,1H3,(H,25,27). The molecule has 1 aliphatic heterocycles. The first-order valence-corrected chi connectivity index (χ1v) is 10.6. The molecule has 2 N–H and O–H groups in total. The molecule has 1 heterocycles. The van der Waals surface area contributed by atoms with Crippen LogP contribution in [0.1, 0.15) is 26.3 Å². The molecule has 3 rings (SSSR count). The fraction of sp³-hybridized carbons (Fsp3) is 0.364. The predicted octanol–water partition coefficient (Wildman–Crippen LogP) is 2.91. The van der Waals surface area contributed by atoms with Crippen molar-refractivity contribution in [2.75, 3.05) is 51.8 Å². The van der Waals surface area contributed by atoms with E-state index in [2.05, 4.69) is 31.5 Å². The van der Waals surface area contributed by atoms with Crippen LogP contribution in [0.2, 0.25) is 0 Å². The van der Waals surface area contributed by atoms with Crippen molar-refractivity contribution in [1.29, 1.82) is 0 Å². The van der Waals surface area contributed by atoms with Gasteiger partial charge in [0.25, 0.3) is 5.91 Å². The number of hydrogen-bond donors (Lipinski definition) is 2. The largest absolute Gasteiger partial charge is 0.465 e. The van der Waals surface area contributed by atoms with Crippen molar-refractivity contribution in [3.8, 4) is 0 Å². The monoisotopic (exact) mass is 475 g/mol. The van der Waals surface area contributed by atoms with Crippen LogP contribution >= 0.6 is 15.9 Å². The molecule has 0 aliphatic carbocycles. The number of nitrogens with zero attached hydrogens (tertiary/aromatic N) is 1. The van der Waals surface area contributed by atoms with Crippen LogP contribution in [-0.2, 0) is 16.0 Å². The van der Waals surface area contributed by atoms with Gasteiger partial charge in [-0.15, -0.1) is 0 Å². The van der Waals surface area contributed by atoms with Gasteiger partial charge in [-0.05, 0) is 35.9 Å². The zero-order valence-electron chi connectivity index (χ0n) is 16.9. The van der Waals surface area contributed by atoms with E-state index in [1.165, 1.54) is 7.11 Å². The second-order valence-corrected chi connectivity index (χ2v) is 7.88. The molecule has 0 spiro atoms. The Hall–Kier alpha value is -2.26. The Bertz CT molecular complexity index is 884. The Morgan fingerprint density at radius 3 is 2.73 bits per heavy atom. The van der Waals surface area contributed by atoms with Crippen molar-refractivity contribution in [3.05, 3.63) is 63.6 Å². The van der Waals surface area contributed by atoms with Crippen LogP contribution in [0.3, 0.4) is 0 Å². The molecule has 0 saturated carbocycles. The minimum Gasteiger partial charge on any atom is -0.465 e. The summed E-state index contributed by atoms with van der Waals surface area (Å²) in [6.45, 7) is 6.07. The van der Waals surface area contributed by atoms with Crippen molar-refractivity contribution in [2.45, 2.75) is 6.54 Å². The van der Waals surface area contributed by atoms with Gasteiger partial charge in [0.2, 0.25) is 0 Å². The van der Waals surface area contributed by atoms with Gasteiger partial charge in [-0.25, -0.2) is 4.79 Å². The van der Waals surface area contributed by atoms with E-state index in [1.54, 1.807) is 24.3 Å². The van der Waals surface area contributed by atoms with Gasteiger partial charge in [-0.3, -0.25) is 9.69 Å². The number of halogens is 1. The van der Waals surface area contributed by atoms with Gasteiger partial charge in [-0.1, -0.05) is 28.1 Å². The van der Waals surface area contributed by atoms with E-state index < -0.39 is 5.97 Å². The Kier molecular flexibility index (Phi) is 8.39. The first-order chi connectivity index (χ1) is 14.6. The van der Waals surface area contributed by atoms with E-state index in [0.717, 1.165) is 49.4 Å². The molecule has 1 aliphatic rings. The highest BCUT2D eigenvalue weighted by Gasteiger charge is 2.16. The molecule has 0 radical (unpaired) electrons. The number of rotatable bonds is 8. The van der Waals surface area contributed by atoms with Gasteiger partial charge >= 0.3 is 5.97 Å². The van der Waals surface area contributed by atoms with Crippen molar-refractivity contribution in [2.24, 2.45) is 0 Å². The Morgan fingerprint density at radius 1 is 1.17 bits per heavy atom. The number of hydrogen-bond acceptors (Lipinski definition) is 6. The van der Waals surface area contributed by atoms with Crippen LogP contribution in [0.4, 0.5) is 5.69 Å². The van der Waals surface area contributed by atoms with Crippen LogP contribution in [0.25, 0.3) is 0 Å². The van der Waals surface area contributed by atoms with Gasteiger partial charge in [0.05, 0.1) is 31.6 Å². The minimum absolute atomic E-state index is 0.280. The molecule has 0 aromatic heterocycles. The molecule has 160 valence electrons.